The maximum atomic E-state index is 12.8. The molecule has 0 aliphatic heterocycles. The number of pyridine rings is 1. The lowest BCUT2D eigenvalue weighted by molar-refractivity contribution is 0.102. The van der Waals surface area contributed by atoms with E-state index in [4.69, 9.17) is 23.2 Å². The minimum Gasteiger partial charge on any atom is -0.322 e. The molecule has 5 nitrogen and oxygen atoms in total. The first-order chi connectivity index (χ1) is 13.5. The van der Waals surface area contributed by atoms with E-state index in [1.54, 1.807) is 22.9 Å². The van der Waals surface area contributed by atoms with E-state index in [0.29, 0.717) is 32.5 Å². The number of anilines is 1. The Hall–Kier alpha value is -2.89. The van der Waals surface area contributed by atoms with Gasteiger partial charge in [-0.05, 0) is 43.7 Å². The van der Waals surface area contributed by atoms with Crippen LogP contribution in [0, 0.1) is 13.8 Å². The van der Waals surface area contributed by atoms with Crippen molar-refractivity contribution < 1.29 is 4.79 Å². The zero-order valence-corrected chi connectivity index (χ0v) is 16.7. The summed E-state index contributed by atoms with van der Waals surface area (Å²) in [6.45, 7) is 3.69. The maximum Gasteiger partial charge on any atom is 0.258 e. The maximum absolute atomic E-state index is 12.8. The lowest BCUT2D eigenvalue weighted by atomic mass is 10.1. The van der Waals surface area contributed by atoms with Crippen LogP contribution in [0.25, 0.3) is 16.7 Å². The number of amides is 1. The van der Waals surface area contributed by atoms with Crippen LogP contribution in [0.5, 0.6) is 0 Å². The van der Waals surface area contributed by atoms with Crippen LogP contribution in [-0.2, 0) is 0 Å². The summed E-state index contributed by atoms with van der Waals surface area (Å²) in [4.78, 5) is 17.3. The van der Waals surface area contributed by atoms with Crippen LogP contribution in [0.3, 0.4) is 0 Å². The van der Waals surface area contributed by atoms with Crippen LogP contribution in [0.1, 0.15) is 21.6 Å². The molecule has 0 saturated heterocycles. The Labute approximate surface area is 171 Å². The molecule has 2 aromatic heterocycles. The van der Waals surface area contributed by atoms with E-state index in [-0.39, 0.29) is 11.5 Å². The molecule has 0 aliphatic carbocycles. The van der Waals surface area contributed by atoms with Crippen LogP contribution in [0.2, 0.25) is 10.0 Å². The summed E-state index contributed by atoms with van der Waals surface area (Å²) in [6, 6.07) is 15.0. The molecule has 4 aromatic rings. The van der Waals surface area contributed by atoms with Gasteiger partial charge in [-0.2, -0.15) is 5.10 Å². The molecular weight excluding hydrogens is 395 g/mol. The van der Waals surface area contributed by atoms with Gasteiger partial charge in [0.05, 0.1) is 27.4 Å². The first-order valence-corrected chi connectivity index (χ1v) is 9.38. The predicted molar refractivity (Wildman–Crippen MR) is 113 cm³/mol. The first-order valence-electron chi connectivity index (χ1n) is 8.63. The fourth-order valence-electron chi connectivity index (χ4n) is 3.05. The summed E-state index contributed by atoms with van der Waals surface area (Å²) in [5.41, 5.74) is 3.87. The van der Waals surface area contributed by atoms with Gasteiger partial charge in [0.2, 0.25) is 0 Å². The molecule has 0 atom stereocenters. The quantitative estimate of drug-likeness (QED) is 0.478. The van der Waals surface area contributed by atoms with Gasteiger partial charge in [-0.15, -0.1) is 0 Å². The minimum absolute atomic E-state index is 0.282. The lowest BCUT2D eigenvalue weighted by Gasteiger charge is -2.11. The molecule has 2 aromatic carbocycles. The number of para-hydroxylation sites is 1. The van der Waals surface area contributed by atoms with Crippen molar-refractivity contribution in [2.45, 2.75) is 13.8 Å². The monoisotopic (exact) mass is 410 g/mol. The minimum atomic E-state index is -0.350. The molecule has 0 aliphatic rings. The van der Waals surface area contributed by atoms with Crippen LogP contribution in [0.4, 0.5) is 5.69 Å². The first kappa shape index (κ1) is 18.5. The zero-order chi connectivity index (χ0) is 19.8. The summed E-state index contributed by atoms with van der Waals surface area (Å²) in [5, 5.41) is 8.96. The Morgan fingerprint density at radius 2 is 1.79 bits per heavy atom. The highest BCUT2D eigenvalue weighted by molar-refractivity contribution is 6.39. The van der Waals surface area contributed by atoms with E-state index in [1.807, 2.05) is 44.2 Å². The number of hydrogen-bond donors (Lipinski definition) is 1. The summed E-state index contributed by atoms with van der Waals surface area (Å²) in [7, 11) is 0. The summed E-state index contributed by atoms with van der Waals surface area (Å²) in [6.07, 6.45) is 1.47. The molecule has 140 valence electrons. The average molecular weight is 411 g/mol. The second-order valence-corrected chi connectivity index (χ2v) is 7.17. The number of aryl methyl sites for hydroxylation is 1. The summed E-state index contributed by atoms with van der Waals surface area (Å²) >= 11 is 12.7. The van der Waals surface area contributed by atoms with Crippen molar-refractivity contribution in [2.24, 2.45) is 0 Å². The molecule has 0 saturated carbocycles. The highest BCUT2D eigenvalue weighted by atomic mass is 35.5. The Balaban J connectivity index is 1.77. The molecule has 2 heterocycles. The predicted octanol–water partition coefficient (Wildman–Crippen LogP) is 5.60. The number of hydrogen-bond acceptors (Lipinski definition) is 3. The Bertz CT molecular complexity index is 1200. The molecule has 0 radical (unpaired) electrons. The number of rotatable bonds is 3. The number of benzene rings is 2. The van der Waals surface area contributed by atoms with Gasteiger partial charge >= 0.3 is 0 Å². The molecule has 1 amide bonds. The molecule has 4 rings (SSSR count). The zero-order valence-electron chi connectivity index (χ0n) is 15.2. The molecule has 0 unspecified atom stereocenters. The molecular formula is C21H16Cl2N4O. The standard InChI is InChI=1S/C21H16Cl2N4O/c1-12-16(22)9-6-10-17(12)25-21(28)15-11-24-20-18(19(15)23)13(2)26-27(20)14-7-4-3-5-8-14/h3-11H,1-2H3,(H,25,28). The summed E-state index contributed by atoms with van der Waals surface area (Å²) in [5.74, 6) is -0.350. The lowest BCUT2D eigenvalue weighted by Crippen LogP contribution is -2.14. The van der Waals surface area contributed by atoms with Gasteiger partial charge in [-0.1, -0.05) is 47.5 Å². The SMILES string of the molecule is Cc1c(Cl)cccc1NC(=O)c1cnc2c(c(C)nn2-c2ccccc2)c1Cl. The number of carbonyl (C=O) groups is 1. The largest absolute Gasteiger partial charge is 0.322 e. The third kappa shape index (κ3) is 3.13. The number of nitrogens with zero attached hydrogens (tertiary/aromatic N) is 3. The molecule has 7 heteroatoms. The van der Waals surface area contributed by atoms with Crippen molar-refractivity contribution in [3.63, 3.8) is 0 Å². The average Bonchev–Trinajstić information content (AvgIpc) is 3.04. The Morgan fingerprint density at radius 3 is 2.54 bits per heavy atom. The van der Waals surface area contributed by atoms with Crippen molar-refractivity contribution in [1.82, 2.24) is 14.8 Å². The van der Waals surface area contributed by atoms with Crippen molar-refractivity contribution in [3.05, 3.63) is 81.6 Å². The third-order valence-electron chi connectivity index (χ3n) is 4.57. The van der Waals surface area contributed by atoms with Crippen LogP contribution in [0.15, 0.2) is 54.7 Å². The van der Waals surface area contributed by atoms with Crippen molar-refractivity contribution in [2.75, 3.05) is 5.32 Å². The van der Waals surface area contributed by atoms with Gasteiger partial charge in [0.25, 0.3) is 5.91 Å². The molecule has 28 heavy (non-hydrogen) atoms. The topological polar surface area (TPSA) is 59.8 Å². The Kier molecular flexibility index (Phi) is 4.79. The highest BCUT2D eigenvalue weighted by Crippen LogP contribution is 2.31. The van der Waals surface area contributed by atoms with Gasteiger partial charge in [0, 0.05) is 16.9 Å². The van der Waals surface area contributed by atoms with Gasteiger partial charge in [0.15, 0.2) is 5.65 Å². The molecule has 0 bridgehead atoms. The normalized spacial score (nSPS) is 11.0. The Morgan fingerprint density at radius 1 is 1.04 bits per heavy atom. The number of fused-ring (bicyclic) bond motifs is 1. The molecule has 0 spiro atoms. The van der Waals surface area contributed by atoms with E-state index in [1.165, 1.54) is 6.20 Å². The van der Waals surface area contributed by atoms with E-state index in [9.17, 15) is 4.79 Å². The number of halogens is 2. The number of nitrogens with one attached hydrogen (secondary N) is 1. The summed E-state index contributed by atoms with van der Waals surface area (Å²) < 4.78 is 1.72. The van der Waals surface area contributed by atoms with Crippen molar-refractivity contribution >= 4 is 45.8 Å². The van der Waals surface area contributed by atoms with Gasteiger partial charge in [-0.25, -0.2) is 9.67 Å². The van der Waals surface area contributed by atoms with E-state index >= 15 is 0 Å². The van der Waals surface area contributed by atoms with Gasteiger partial charge in [0.1, 0.15) is 0 Å². The van der Waals surface area contributed by atoms with E-state index in [0.717, 1.165) is 11.3 Å². The molecule has 1 N–H and O–H groups in total. The van der Waals surface area contributed by atoms with Crippen molar-refractivity contribution in [3.8, 4) is 5.69 Å². The van der Waals surface area contributed by atoms with E-state index < -0.39 is 0 Å². The smallest absolute Gasteiger partial charge is 0.258 e. The number of aromatic nitrogens is 3. The van der Waals surface area contributed by atoms with Gasteiger partial charge in [-0.3, -0.25) is 4.79 Å². The van der Waals surface area contributed by atoms with Gasteiger partial charge < -0.3 is 5.32 Å². The van der Waals surface area contributed by atoms with Crippen molar-refractivity contribution in [1.29, 1.82) is 0 Å². The highest BCUT2D eigenvalue weighted by Gasteiger charge is 2.20. The van der Waals surface area contributed by atoms with Crippen LogP contribution in [-0.4, -0.2) is 20.7 Å². The second-order valence-electron chi connectivity index (χ2n) is 6.38. The number of carbonyl (C=O) groups excluding carboxylic acids is 1. The molecule has 0 fully saturated rings. The van der Waals surface area contributed by atoms with Crippen LogP contribution < -0.4 is 5.32 Å². The van der Waals surface area contributed by atoms with Crippen LogP contribution >= 0.6 is 23.2 Å². The third-order valence-corrected chi connectivity index (χ3v) is 5.37. The van der Waals surface area contributed by atoms with E-state index in [2.05, 4.69) is 15.4 Å². The fourth-order valence-corrected chi connectivity index (χ4v) is 3.58. The second kappa shape index (κ2) is 7.26. The fraction of sp³-hybridized carbons (Fsp3) is 0.0952.